The van der Waals surface area contributed by atoms with Gasteiger partial charge in [-0.1, -0.05) is 59.2 Å². The highest BCUT2D eigenvalue weighted by atomic mass is 35.5. The van der Waals surface area contributed by atoms with Crippen LogP contribution in [0.5, 0.6) is 0 Å². The maximum absolute atomic E-state index is 11.6. The molecule has 0 saturated heterocycles. The number of amidine groups is 1. The lowest BCUT2D eigenvalue weighted by molar-refractivity contribution is -0.143. The molecule has 0 aliphatic heterocycles. The normalized spacial score (nSPS) is 11.2. The fourth-order valence-corrected chi connectivity index (χ4v) is 2.02. The summed E-state index contributed by atoms with van der Waals surface area (Å²) in [6, 6.07) is 17.0. The molecule has 0 spiro atoms. The summed E-state index contributed by atoms with van der Waals surface area (Å²) in [4.78, 5) is 16.4. The second-order valence-corrected chi connectivity index (χ2v) is 5.27. The van der Waals surface area contributed by atoms with Crippen molar-refractivity contribution >= 4 is 23.4 Å². The SMILES string of the molecule is NC(Cc1ccc(Cl)cc1)=NOC(=O)CCc1ccccc1. The topological polar surface area (TPSA) is 64.7 Å². The third kappa shape index (κ3) is 5.58. The highest BCUT2D eigenvalue weighted by Gasteiger charge is 2.04. The van der Waals surface area contributed by atoms with E-state index in [9.17, 15) is 4.79 Å². The minimum Gasteiger partial charge on any atom is -0.384 e. The van der Waals surface area contributed by atoms with Crippen LogP contribution < -0.4 is 5.73 Å². The van der Waals surface area contributed by atoms with E-state index in [2.05, 4.69) is 5.16 Å². The van der Waals surface area contributed by atoms with Gasteiger partial charge in [0.05, 0.1) is 6.42 Å². The quantitative estimate of drug-likeness (QED) is 0.385. The molecule has 0 amide bonds. The number of rotatable bonds is 6. The summed E-state index contributed by atoms with van der Waals surface area (Å²) in [5.41, 5.74) is 7.77. The Morgan fingerprint density at radius 2 is 1.73 bits per heavy atom. The van der Waals surface area contributed by atoms with E-state index < -0.39 is 5.97 Å². The summed E-state index contributed by atoms with van der Waals surface area (Å²) in [5.74, 6) is -0.154. The third-order valence-electron chi connectivity index (χ3n) is 3.02. The van der Waals surface area contributed by atoms with Crippen LogP contribution in [0.4, 0.5) is 0 Å². The molecule has 22 heavy (non-hydrogen) atoms. The van der Waals surface area contributed by atoms with Crippen LogP contribution in [0.15, 0.2) is 59.8 Å². The van der Waals surface area contributed by atoms with E-state index in [0.29, 0.717) is 17.9 Å². The maximum Gasteiger partial charge on any atom is 0.335 e. The summed E-state index contributed by atoms with van der Waals surface area (Å²) in [6.07, 6.45) is 1.29. The number of oxime groups is 1. The largest absolute Gasteiger partial charge is 0.384 e. The molecule has 2 aromatic rings. The molecule has 114 valence electrons. The first-order valence-corrected chi connectivity index (χ1v) is 7.32. The van der Waals surface area contributed by atoms with Crippen LogP contribution in [-0.2, 0) is 22.5 Å². The van der Waals surface area contributed by atoms with Crippen molar-refractivity contribution in [2.45, 2.75) is 19.3 Å². The van der Waals surface area contributed by atoms with Crippen LogP contribution in [0.2, 0.25) is 5.02 Å². The molecule has 4 nitrogen and oxygen atoms in total. The van der Waals surface area contributed by atoms with Gasteiger partial charge in [0, 0.05) is 11.4 Å². The smallest absolute Gasteiger partial charge is 0.335 e. The van der Waals surface area contributed by atoms with Gasteiger partial charge < -0.3 is 10.6 Å². The average Bonchev–Trinajstić information content (AvgIpc) is 2.54. The Balaban J connectivity index is 1.77. The zero-order valence-corrected chi connectivity index (χ0v) is 12.8. The van der Waals surface area contributed by atoms with Gasteiger partial charge in [-0.05, 0) is 29.7 Å². The van der Waals surface area contributed by atoms with Gasteiger partial charge in [0.25, 0.3) is 0 Å². The zero-order valence-electron chi connectivity index (χ0n) is 12.0. The monoisotopic (exact) mass is 316 g/mol. The molecule has 0 aliphatic rings. The minimum absolute atomic E-state index is 0.246. The van der Waals surface area contributed by atoms with Crippen molar-refractivity contribution in [3.8, 4) is 0 Å². The maximum atomic E-state index is 11.6. The van der Waals surface area contributed by atoms with E-state index in [1.165, 1.54) is 0 Å². The Bertz CT molecular complexity index is 639. The number of nitrogens with zero attached hydrogens (tertiary/aromatic N) is 1. The van der Waals surface area contributed by atoms with E-state index in [1.54, 1.807) is 12.1 Å². The van der Waals surface area contributed by atoms with Crippen LogP contribution in [0.25, 0.3) is 0 Å². The van der Waals surface area contributed by atoms with Gasteiger partial charge in [0.15, 0.2) is 0 Å². The number of carbonyl (C=O) groups is 1. The zero-order chi connectivity index (χ0) is 15.8. The van der Waals surface area contributed by atoms with E-state index in [0.717, 1.165) is 11.1 Å². The molecular weight excluding hydrogens is 300 g/mol. The summed E-state index contributed by atoms with van der Waals surface area (Å²) in [7, 11) is 0. The Morgan fingerprint density at radius 3 is 2.41 bits per heavy atom. The fraction of sp³-hybridized carbons (Fsp3) is 0.176. The van der Waals surface area contributed by atoms with E-state index in [-0.39, 0.29) is 12.3 Å². The van der Waals surface area contributed by atoms with Crippen LogP contribution in [-0.4, -0.2) is 11.8 Å². The molecule has 0 bridgehead atoms. The molecule has 0 aliphatic carbocycles. The molecule has 0 fully saturated rings. The number of aryl methyl sites for hydroxylation is 1. The van der Waals surface area contributed by atoms with Crippen LogP contribution >= 0.6 is 11.6 Å². The summed E-state index contributed by atoms with van der Waals surface area (Å²) in [5, 5.41) is 4.32. The minimum atomic E-state index is -0.400. The molecule has 0 heterocycles. The molecule has 2 N–H and O–H groups in total. The predicted octanol–water partition coefficient (Wildman–Crippen LogP) is 3.33. The molecule has 0 saturated carbocycles. The highest BCUT2D eigenvalue weighted by molar-refractivity contribution is 6.30. The fourth-order valence-electron chi connectivity index (χ4n) is 1.89. The van der Waals surface area contributed by atoms with Gasteiger partial charge in [-0.3, -0.25) is 0 Å². The van der Waals surface area contributed by atoms with Crippen LogP contribution in [0.3, 0.4) is 0 Å². The van der Waals surface area contributed by atoms with Gasteiger partial charge in [0.1, 0.15) is 5.84 Å². The molecule has 2 rings (SSSR count). The standard InChI is InChI=1S/C17H17ClN2O2/c18-15-9-6-14(7-10-15)12-16(19)20-22-17(21)11-8-13-4-2-1-3-5-13/h1-7,9-10H,8,11-12H2,(H2,19,20). The first kappa shape index (κ1) is 16.0. The molecular formula is C17H17ClN2O2. The van der Waals surface area contributed by atoms with Gasteiger partial charge >= 0.3 is 5.97 Å². The lowest BCUT2D eigenvalue weighted by atomic mass is 10.1. The van der Waals surface area contributed by atoms with Crippen molar-refractivity contribution in [1.82, 2.24) is 0 Å². The van der Waals surface area contributed by atoms with Crippen molar-refractivity contribution in [3.05, 3.63) is 70.7 Å². The van der Waals surface area contributed by atoms with Crippen molar-refractivity contribution in [3.63, 3.8) is 0 Å². The van der Waals surface area contributed by atoms with Crippen molar-refractivity contribution in [1.29, 1.82) is 0 Å². The molecule has 0 aromatic heterocycles. The lowest BCUT2D eigenvalue weighted by Crippen LogP contribution is -2.16. The number of benzene rings is 2. The van der Waals surface area contributed by atoms with E-state index in [1.807, 2.05) is 42.5 Å². The van der Waals surface area contributed by atoms with E-state index in [4.69, 9.17) is 22.2 Å². The summed E-state index contributed by atoms with van der Waals surface area (Å²) < 4.78 is 0. The Morgan fingerprint density at radius 1 is 1.05 bits per heavy atom. The molecule has 0 radical (unpaired) electrons. The molecule has 5 heteroatoms. The highest BCUT2D eigenvalue weighted by Crippen LogP contribution is 2.10. The van der Waals surface area contributed by atoms with Gasteiger partial charge in [0.2, 0.25) is 0 Å². The van der Waals surface area contributed by atoms with Crippen molar-refractivity contribution in [2.24, 2.45) is 10.9 Å². The molecule has 2 aromatic carbocycles. The Labute approximate surface area is 134 Å². The number of nitrogens with two attached hydrogens (primary N) is 1. The lowest BCUT2D eigenvalue weighted by Gasteiger charge is -2.02. The Kier molecular flexibility index (Phi) is 5.98. The summed E-state index contributed by atoms with van der Waals surface area (Å²) >= 11 is 5.81. The number of carbonyl (C=O) groups excluding carboxylic acids is 1. The second kappa shape index (κ2) is 8.20. The average molecular weight is 317 g/mol. The van der Waals surface area contributed by atoms with Crippen molar-refractivity contribution < 1.29 is 9.63 Å². The number of halogens is 1. The predicted molar refractivity (Wildman–Crippen MR) is 87.6 cm³/mol. The van der Waals surface area contributed by atoms with Crippen molar-refractivity contribution in [2.75, 3.05) is 0 Å². The first-order valence-electron chi connectivity index (χ1n) is 6.94. The van der Waals surface area contributed by atoms with Crippen LogP contribution in [0, 0.1) is 0 Å². The number of hydrogen-bond acceptors (Lipinski definition) is 3. The van der Waals surface area contributed by atoms with Crippen LogP contribution in [0.1, 0.15) is 17.5 Å². The second-order valence-electron chi connectivity index (χ2n) is 4.83. The molecule has 0 atom stereocenters. The molecule has 0 unspecified atom stereocenters. The summed E-state index contributed by atoms with van der Waals surface area (Å²) in [6.45, 7) is 0. The van der Waals surface area contributed by atoms with Gasteiger partial charge in [-0.2, -0.15) is 0 Å². The van der Waals surface area contributed by atoms with E-state index >= 15 is 0 Å². The Hall–Kier alpha value is -2.33. The number of hydrogen-bond donors (Lipinski definition) is 1. The van der Waals surface area contributed by atoms with Gasteiger partial charge in [-0.25, -0.2) is 4.79 Å². The first-order chi connectivity index (χ1) is 10.6. The third-order valence-corrected chi connectivity index (χ3v) is 3.28. The van der Waals surface area contributed by atoms with Gasteiger partial charge in [-0.15, -0.1) is 0 Å².